The molecule has 0 saturated carbocycles. The van der Waals surface area contributed by atoms with Crippen molar-refractivity contribution < 1.29 is 19.1 Å². The van der Waals surface area contributed by atoms with E-state index in [4.69, 9.17) is 9.47 Å². The first-order chi connectivity index (χ1) is 13.4. The van der Waals surface area contributed by atoms with Crippen molar-refractivity contribution in [3.05, 3.63) is 57.9 Å². The molecule has 146 valence electrons. The summed E-state index contributed by atoms with van der Waals surface area (Å²) in [4.78, 5) is 29.5. The lowest BCUT2D eigenvalue weighted by atomic mass is 10.1. The predicted molar refractivity (Wildman–Crippen MR) is 109 cm³/mol. The number of aryl methyl sites for hydroxylation is 2. The first-order valence-corrected chi connectivity index (χ1v) is 9.74. The minimum atomic E-state index is -0.375. The molecular formula is C21H22N2O4S. The maximum atomic E-state index is 12.7. The van der Waals surface area contributed by atoms with Gasteiger partial charge in [-0.05, 0) is 68.3 Å². The van der Waals surface area contributed by atoms with E-state index in [2.05, 4.69) is 4.99 Å². The summed E-state index contributed by atoms with van der Waals surface area (Å²) in [5, 5.41) is 0. The van der Waals surface area contributed by atoms with E-state index in [1.54, 1.807) is 42.9 Å². The number of ether oxygens (including phenoxy) is 2. The molecule has 28 heavy (non-hydrogen) atoms. The topological polar surface area (TPSA) is 69.9 Å². The van der Waals surface area contributed by atoms with Gasteiger partial charge in [0.25, 0.3) is 5.91 Å². The lowest BCUT2D eigenvalue weighted by Crippen LogP contribution is -2.23. The number of methoxy groups -OCH3 is 1. The van der Waals surface area contributed by atoms with E-state index in [1.807, 2.05) is 26.0 Å². The molecule has 0 N–H and O–H groups in total. The molecule has 0 bridgehead atoms. The zero-order valence-corrected chi connectivity index (χ0v) is 17.1. The molecule has 1 aromatic heterocycles. The van der Waals surface area contributed by atoms with Crippen LogP contribution in [0.25, 0.3) is 10.2 Å². The predicted octanol–water partition coefficient (Wildman–Crippen LogP) is 3.63. The number of aromatic nitrogens is 1. The Morgan fingerprint density at radius 3 is 2.43 bits per heavy atom. The number of fused-ring (bicyclic) bond motifs is 1. The van der Waals surface area contributed by atoms with Gasteiger partial charge in [0, 0.05) is 5.56 Å². The molecule has 0 spiro atoms. The summed E-state index contributed by atoms with van der Waals surface area (Å²) in [5.41, 5.74) is 3.57. The van der Waals surface area contributed by atoms with E-state index in [9.17, 15) is 9.59 Å². The number of benzene rings is 2. The molecule has 0 fully saturated rings. The fourth-order valence-corrected chi connectivity index (χ4v) is 3.89. The molecule has 6 nitrogen and oxygen atoms in total. The maximum Gasteiger partial charge on any atom is 0.326 e. The van der Waals surface area contributed by atoms with E-state index in [-0.39, 0.29) is 18.4 Å². The number of nitrogens with zero attached hydrogens (tertiary/aromatic N) is 2. The summed E-state index contributed by atoms with van der Waals surface area (Å²) in [6.07, 6.45) is 0. The monoisotopic (exact) mass is 398 g/mol. The van der Waals surface area contributed by atoms with Crippen LogP contribution in [0.2, 0.25) is 0 Å². The van der Waals surface area contributed by atoms with Gasteiger partial charge in [-0.25, -0.2) is 0 Å². The second-order valence-electron chi connectivity index (χ2n) is 6.33. The van der Waals surface area contributed by atoms with Gasteiger partial charge in [0.05, 0.1) is 23.9 Å². The highest BCUT2D eigenvalue weighted by Gasteiger charge is 2.14. The summed E-state index contributed by atoms with van der Waals surface area (Å²) >= 11 is 1.38. The number of hydrogen-bond acceptors (Lipinski definition) is 5. The van der Waals surface area contributed by atoms with Crippen molar-refractivity contribution >= 4 is 33.4 Å². The standard InChI is InChI=1S/C21H22N2O4S/c1-5-27-19(24)12-23-17-10-13(2)14(3)11-18(17)28-21(23)22-20(25)15-6-8-16(26-4)9-7-15/h6-11H,5,12H2,1-4H3. The Balaban J connectivity index is 2.10. The van der Waals surface area contributed by atoms with Crippen molar-refractivity contribution in [2.75, 3.05) is 13.7 Å². The van der Waals surface area contributed by atoms with E-state index >= 15 is 0 Å². The molecule has 0 aliphatic rings. The van der Waals surface area contributed by atoms with Crippen LogP contribution in [0.5, 0.6) is 5.75 Å². The largest absolute Gasteiger partial charge is 0.497 e. The average Bonchev–Trinajstić information content (AvgIpc) is 2.98. The van der Waals surface area contributed by atoms with Crippen LogP contribution < -0.4 is 9.54 Å². The number of carbonyl (C=O) groups excluding carboxylic acids is 2. The van der Waals surface area contributed by atoms with Gasteiger partial charge < -0.3 is 14.0 Å². The van der Waals surface area contributed by atoms with Crippen molar-refractivity contribution in [3.63, 3.8) is 0 Å². The zero-order chi connectivity index (χ0) is 20.3. The van der Waals surface area contributed by atoms with Crippen molar-refractivity contribution in [3.8, 4) is 5.75 Å². The van der Waals surface area contributed by atoms with E-state index < -0.39 is 0 Å². The molecule has 7 heteroatoms. The van der Waals surface area contributed by atoms with Crippen LogP contribution in [0.1, 0.15) is 28.4 Å². The highest BCUT2D eigenvalue weighted by molar-refractivity contribution is 7.16. The van der Waals surface area contributed by atoms with Crippen LogP contribution >= 0.6 is 11.3 Å². The Bertz CT molecular complexity index is 1090. The summed E-state index contributed by atoms with van der Waals surface area (Å²) in [7, 11) is 1.57. The van der Waals surface area contributed by atoms with Gasteiger partial charge in [0.2, 0.25) is 0 Å². The first kappa shape index (κ1) is 19.8. The Morgan fingerprint density at radius 1 is 1.11 bits per heavy atom. The molecule has 0 aliphatic carbocycles. The molecule has 0 aliphatic heterocycles. The smallest absolute Gasteiger partial charge is 0.326 e. The molecule has 0 saturated heterocycles. The number of thiazole rings is 1. The van der Waals surface area contributed by atoms with Gasteiger partial charge in [-0.1, -0.05) is 11.3 Å². The summed E-state index contributed by atoms with van der Waals surface area (Å²) in [6, 6.07) is 10.8. The maximum absolute atomic E-state index is 12.7. The molecule has 0 atom stereocenters. The second-order valence-corrected chi connectivity index (χ2v) is 7.33. The lowest BCUT2D eigenvalue weighted by Gasteiger charge is -2.06. The van der Waals surface area contributed by atoms with Gasteiger partial charge in [-0.3, -0.25) is 9.59 Å². The first-order valence-electron chi connectivity index (χ1n) is 8.92. The third-order valence-electron chi connectivity index (χ3n) is 4.42. The fourth-order valence-electron chi connectivity index (χ4n) is 2.78. The number of hydrogen-bond donors (Lipinski definition) is 0. The Kier molecular flexibility index (Phi) is 5.94. The van der Waals surface area contributed by atoms with Crippen LogP contribution in [0, 0.1) is 13.8 Å². The highest BCUT2D eigenvalue weighted by Crippen LogP contribution is 2.22. The Labute approximate surface area is 167 Å². The number of rotatable bonds is 5. The Hall–Kier alpha value is -2.93. The lowest BCUT2D eigenvalue weighted by molar-refractivity contribution is -0.143. The molecule has 1 heterocycles. The molecule has 0 radical (unpaired) electrons. The molecule has 3 rings (SSSR count). The molecule has 0 unspecified atom stereocenters. The quantitative estimate of drug-likeness (QED) is 0.616. The summed E-state index contributed by atoms with van der Waals surface area (Å²) in [5.74, 6) is -0.0687. The normalized spacial score (nSPS) is 11.6. The minimum absolute atomic E-state index is 0.00503. The summed E-state index contributed by atoms with van der Waals surface area (Å²) in [6.45, 7) is 6.12. The van der Waals surface area contributed by atoms with Crippen molar-refractivity contribution in [1.82, 2.24) is 4.57 Å². The van der Waals surface area contributed by atoms with Crippen LogP contribution in [-0.4, -0.2) is 30.2 Å². The summed E-state index contributed by atoms with van der Waals surface area (Å²) < 4.78 is 12.9. The van der Waals surface area contributed by atoms with Gasteiger partial charge in [-0.2, -0.15) is 4.99 Å². The number of esters is 1. The van der Waals surface area contributed by atoms with Crippen molar-refractivity contribution in [2.24, 2.45) is 4.99 Å². The van der Waals surface area contributed by atoms with E-state index in [1.165, 1.54) is 11.3 Å². The van der Waals surface area contributed by atoms with Gasteiger partial charge in [-0.15, -0.1) is 0 Å². The zero-order valence-electron chi connectivity index (χ0n) is 16.3. The average molecular weight is 398 g/mol. The fraction of sp³-hybridized carbons (Fsp3) is 0.286. The molecule has 1 amide bonds. The van der Waals surface area contributed by atoms with Crippen LogP contribution in [0.3, 0.4) is 0 Å². The van der Waals surface area contributed by atoms with Crippen LogP contribution in [0.4, 0.5) is 0 Å². The SMILES string of the molecule is CCOC(=O)Cn1c(=NC(=O)c2ccc(OC)cc2)sc2cc(C)c(C)cc21. The van der Waals surface area contributed by atoms with Crippen LogP contribution in [0.15, 0.2) is 41.4 Å². The van der Waals surface area contributed by atoms with Gasteiger partial charge in [0.15, 0.2) is 4.80 Å². The van der Waals surface area contributed by atoms with E-state index in [0.29, 0.717) is 22.7 Å². The van der Waals surface area contributed by atoms with Crippen molar-refractivity contribution in [2.45, 2.75) is 27.3 Å². The second kappa shape index (κ2) is 8.39. The number of carbonyl (C=O) groups is 2. The van der Waals surface area contributed by atoms with Gasteiger partial charge in [0.1, 0.15) is 12.3 Å². The molecular weight excluding hydrogens is 376 g/mol. The van der Waals surface area contributed by atoms with E-state index in [0.717, 1.165) is 21.3 Å². The van der Waals surface area contributed by atoms with Crippen LogP contribution in [-0.2, 0) is 16.1 Å². The highest BCUT2D eigenvalue weighted by atomic mass is 32.1. The molecule has 3 aromatic rings. The molecule has 2 aromatic carbocycles. The number of amides is 1. The van der Waals surface area contributed by atoms with Gasteiger partial charge >= 0.3 is 5.97 Å². The third-order valence-corrected chi connectivity index (χ3v) is 5.47. The Morgan fingerprint density at radius 2 is 1.79 bits per heavy atom. The van der Waals surface area contributed by atoms with Crippen molar-refractivity contribution in [1.29, 1.82) is 0 Å². The minimum Gasteiger partial charge on any atom is -0.497 e. The third kappa shape index (κ3) is 4.14.